The number of aryl methyl sites for hydroxylation is 1. The fourth-order valence-corrected chi connectivity index (χ4v) is 4.68. The molecule has 3 aromatic carbocycles. The van der Waals surface area contributed by atoms with Gasteiger partial charge in [-0.3, -0.25) is 4.72 Å². The SMILES string of the molecule is C1COCCN1.CCc1c[nH]c2ccc(NS(=O)(=O)c3ccc4ccccc4c3)cc12. The van der Waals surface area contributed by atoms with Gasteiger partial charge in [-0.05, 0) is 53.1 Å². The summed E-state index contributed by atoms with van der Waals surface area (Å²) in [7, 11) is -3.64. The largest absolute Gasteiger partial charge is 0.379 e. The van der Waals surface area contributed by atoms with Crippen molar-refractivity contribution in [1.82, 2.24) is 10.3 Å². The number of benzene rings is 3. The molecule has 1 aromatic heterocycles. The maximum absolute atomic E-state index is 12.8. The van der Waals surface area contributed by atoms with Crippen molar-refractivity contribution in [2.24, 2.45) is 0 Å². The van der Waals surface area contributed by atoms with Gasteiger partial charge in [0, 0.05) is 35.9 Å². The average Bonchev–Trinajstić information content (AvgIpc) is 3.22. The summed E-state index contributed by atoms with van der Waals surface area (Å²) >= 11 is 0. The minimum absolute atomic E-state index is 0.260. The molecule has 2 heterocycles. The van der Waals surface area contributed by atoms with Crippen LogP contribution in [-0.4, -0.2) is 39.7 Å². The van der Waals surface area contributed by atoms with Crippen molar-refractivity contribution in [2.75, 3.05) is 31.0 Å². The highest BCUT2D eigenvalue weighted by Crippen LogP contribution is 2.25. The highest BCUT2D eigenvalue weighted by molar-refractivity contribution is 7.92. The lowest BCUT2D eigenvalue weighted by atomic mass is 10.1. The molecule has 0 atom stereocenters. The third-order valence-electron chi connectivity index (χ3n) is 5.28. The van der Waals surface area contributed by atoms with Crippen molar-refractivity contribution in [3.8, 4) is 0 Å². The van der Waals surface area contributed by atoms with Gasteiger partial charge in [0.15, 0.2) is 0 Å². The van der Waals surface area contributed by atoms with Crippen LogP contribution in [0.4, 0.5) is 5.69 Å². The van der Waals surface area contributed by atoms with Crippen LogP contribution < -0.4 is 10.0 Å². The van der Waals surface area contributed by atoms with Gasteiger partial charge in [0.1, 0.15) is 0 Å². The molecule has 0 saturated carbocycles. The number of nitrogens with one attached hydrogen (secondary N) is 3. The Labute approximate surface area is 182 Å². The lowest BCUT2D eigenvalue weighted by Gasteiger charge is -2.10. The van der Waals surface area contributed by atoms with E-state index in [1.807, 2.05) is 48.7 Å². The Morgan fingerprint density at radius 2 is 1.74 bits per heavy atom. The van der Waals surface area contributed by atoms with E-state index in [-0.39, 0.29) is 4.90 Å². The summed E-state index contributed by atoms with van der Waals surface area (Å²) in [6.45, 7) is 5.91. The van der Waals surface area contributed by atoms with E-state index in [0.29, 0.717) is 5.69 Å². The van der Waals surface area contributed by atoms with Crippen molar-refractivity contribution >= 4 is 37.4 Å². The van der Waals surface area contributed by atoms with Gasteiger partial charge < -0.3 is 15.0 Å². The van der Waals surface area contributed by atoms with Crippen LogP contribution in [0, 0.1) is 0 Å². The van der Waals surface area contributed by atoms with Gasteiger partial charge >= 0.3 is 0 Å². The van der Waals surface area contributed by atoms with Crippen LogP contribution in [0.1, 0.15) is 12.5 Å². The molecule has 0 spiro atoms. The van der Waals surface area contributed by atoms with Crippen LogP contribution >= 0.6 is 0 Å². The standard InChI is InChI=1S/C20H18N2O2S.C4H9NO/c1-2-14-13-21-20-10-8-17(12-19(14)20)22-25(23,24)18-9-7-15-5-3-4-6-16(15)11-18;1-3-6-4-2-5-1/h3-13,21-22H,2H2,1H3;5H,1-4H2. The molecule has 162 valence electrons. The highest BCUT2D eigenvalue weighted by atomic mass is 32.2. The number of hydrogen-bond donors (Lipinski definition) is 3. The normalized spacial score (nSPS) is 14.2. The van der Waals surface area contributed by atoms with E-state index < -0.39 is 10.0 Å². The molecule has 31 heavy (non-hydrogen) atoms. The summed E-state index contributed by atoms with van der Waals surface area (Å²) in [5.74, 6) is 0. The van der Waals surface area contributed by atoms with Crippen LogP contribution in [0.25, 0.3) is 21.7 Å². The van der Waals surface area contributed by atoms with Gasteiger partial charge in [-0.2, -0.15) is 0 Å². The number of hydrogen-bond acceptors (Lipinski definition) is 4. The van der Waals surface area contributed by atoms with Crippen molar-refractivity contribution in [3.05, 3.63) is 72.4 Å². The first kappa shape index (κ1) is 21.4. The summed E-state index contributed by atoms with van der Waals surface area (Å²) in [5, 5.41) is 6.12. The van der Waals surface area contributed by atoms with Gasteiger partial charge in [-0.15, -0.1) is 0 Å². The third kappa shape index (κ3) is 5.07. The first-order valence-electron chi connectivity index (χ1n) is 10.5. The molecule has 1 aliphatic rings. The van der Waals surface area contributed by atoms with Crippen LogP contribution in [0.5, 0.6) is 0 Å². The van der Waals surface area contributed by atoms with Crippen LogP contribution in [-0.2, 0) is 21.2 Å². The zero-order valence-corrected chi connectivity index (χ0v) is 18.3. The number of H-pyrrole nitrogens is 1. The lowest BCUT2D eigenvalue weighted by molar-refractivity contribution is 0.109. The summed E-state index contributed by atoms with van der Waals surface area (Å²) in [6.07, 6.45) is 2.85. The van der Waals surface area contributed by atoms with E-state index in [1.54, 1.807) is 18.2 Å². The minimum atomic E-state index is -3.64. The van der Waals surface area contributed by atoms with Crippen LogP contribution in [0.15, 0.2) is 71.8 Å². The fraction of sp³-hybridized carbons (Fsp3) is 0.250. The van der Waals surface area contributed by atoms with E-state index in [0.717, 1.165) is 54.4 Å². The second-order valence-electron chi connectivity index (χ2n) is 7.40. The molecule has 0 amide bonds. The number of fused-ring (bicyclic) bond motifs is 2. The Bertz CT molecular complexity index is 1270. The molecule has 1 aliphatic heterocycles. The van der Waals surface area contributed by atoms with E-state index in [1.165, 1.54) is 5.56 Å². The number of ether oxygens (including phenoxy) is 1. The lowest BCUT2D eigenvalue weighted by Crippen LogP contribution is -2.30. The second kappa shape index (κ2) is 9.51. The minimum Gasteiger partial charge on any atom is -0.379 e. The van der Waals surface area contributed by atoms with Gasteiger partial charge in [0.25, 0.3) is 10.0 Å². The maximum atomic E-state index is 12.8. The molecular weight excluding hydrogens is 410 g/mol. The van der Waals surface area contributed by atoms with E-state index >= 15 is 0 Å². The maximum Gasteiger partial charge on any atom is 0.261 e. The number of morpholine rings is 1. The van der Waals surface area contributed by atoms with Gasteiger partial charge in [0.05, 0.1) is 18.1 Å². The molecule has 3 N–H and O–H groups in total. The van der Waals surface area contributed by atoms with E-state index in [2.05, 4.69) is 21.9 Å². The number of sulfonamides is 1. The summed E-state index contributed by atoms with van der Waals surface area (Å²) in [5.41, 5.74) is 2.74. The molecule has 7 heteroatoms. The van der Waals surface area contributed by atoms with Gasteiger partial charge in [-0.25, -0.2) is 8.42 Å². The Kier molecular flexibility index (Phi) is 6.56. The number of aromatic nitrogens is 1. The Balaban J connectivity index is 0.000000334. The quantitative estimate of drug-likeness (QED) is 0.445. The van der Waals surface area contributed by atoms with Gasteiger partial charge in [-0.1, -0.05) is 37.3 Å². The number of aromatic amines is 1. The first-order chi connectivity index (χ1) is 15.1. The van der Waals surface area contributed by atoms with E-state index in [4.69, 9.17) is 4.74 Å². The molecule has 0 aliphatic carbocycles. The second-order valence-corrected chi connectivity index (χ2v) is 9.09. The summed E-state index contributed by atoms with van der Waals surface area (Å²) < 4.78 is 33.2. The summed E-state index contributed by atoms with van der Waals surface area (Å²) in [6, 6.07) is 18.4. The Hall–Kier alpha value is -2.87. The van der Waals surface area contributed by atoms with Crippen LogP contribution in [0.2, 0.25) is 0 Å². The van der Waals surface area contributed by atoms with Gasteiger partial charge in [0.2, 0.25) is 0 Å². The number of rotatable bonds is 4. The fourth-order valence-electron chi connectivity index (χ4n) is 3.60. The molecule has 5 rings (SSSR count). The molecule has 0 unspecified atom stereocenters. The summed E-state index contributed by atoms with van der Waals surface area (Å²) in [4.78, 5) is 3.46. The molecule has 0 radical (unpaired) electrons. The van der Waals surface area contributed by atoms with Crippen molar-refractivity contribution in [3.63, 3.8) is 0 Å². The zero-order chi connectivity index (χ0) is 21.7. The smallest absolute Gasteiger partial charge is 0.261 e. The van der Waals surface area contributed by atoms with Crippen molar-refractivity contribution in [1.29, 1.82) is 0 Å². The molecule has 6 nitrogen and oxygen atoms in total. The monoisotopic (exact) mass is 437 g/mol. The predicted molar refractivity (Wildman–Crippen MR) is 126 cm³/mol. The Morgan fingerprint density at radius 1 is 0.968 bits per heavy atom. The van der Waals surface area contributed by atoms with Crippen LogP contribution in [0.3, 0.4) is 0 Å². The molecule has 1 saturated heterocycles. The number of anilines is 1. The molecule has 0 bridgehead atoms. The van der Waals surface area contributed by atoms with E-state index in [9.17, 15) is 8.42 Å². The average molecular weight is 438 g/mol. The molecular formula is C24H27N3O3S. The highest BCUT2D eigenvalue weighted by Gasteiger charge is 2.15. The Morgan fingerprint density at radius 3 is 2.42 bits per heavy atom. The molecule has 4 aromatic rings. The molecule has 1 fully saturated rings. The zero-order valence-electron chi connectivity index (χ0n) is 17.5. The predicted octanol–water partition coefficient (Wildman–Crippen LogP) is 4.29. The van der Waals surface area contributed by atoms with Crippen molar-refractivity contribution < 1.29 is 13.2 Å². The first-order valence-corrected chi connectivity index (χ1v) is 12.0. The third-order valence-corrected chi connectivity index (χ3v) is 6.66. The topological polar surface area (TPSA) is 83.2 Å². The van der Waals surface area contributed by atoms with Crippen molar-refractivity contribution in [2.45, 2.75) is 18.2 Å².